The monoisotopic (exact) mass is 710 g/mol. The average molecular weight is 711 g/mol. The lowest BCUT2D eigenvalue weighted by atomic mass is 9.32. The summed E-state index contributed by atoms with van der Waals surface area (Å²) in [5.74, 6) is 5.77. The Balaban J connectivity index is 1.21. The van der Waals surface area contributed by atoms with Gasteiger partial charge in [-0.05, 0) is 77.1 Å². The summed E-state index contributed by atoms with van der Waals surface area (Å²) in [5.41, 5.74) is 9.31. The number of hydrogen-bond donors (Lipinski definition) is 0. The van der Waals surface area contributed by atoms with Crippen molar-refractivity contribution in [3.05, 3.63) is 188 Å². The van der Waals surface area contributed by atoms with Crippen LogP contribution in [0.3, 0.4) is 0 Å². The van der Waals surface area contributed by atoms with Crippen molar-refractivity contribution in [1.29, 1.82) is 0 Å². The Morgan fingerprint density at radius 2 is 0.636 bits per heavy atom. The minimum atomic E-state index is -0.156. The molecule has 0 aliphatic carbocycles. The van der Waals surface area contributed by atoms with Crippen LogP contribution in [0.4, 0.5) is 34.1 Å². The molecule has 0 fully saturated rings. The average Bonchev–Trinajstić information content (AvgIpc) is 3.22. The van der Waals surface area contributed by atoms with Gasteiger partial charge in [-0.15, -0.1) is 0 Å². The second-order valence-corrected chi connectivity index (χ2v) is 13.7. The van der Waals surface area contributed by atoms with Gasteiger partial charge >= 0.3 is 0 Å². The van der Waals surface area contributed by atoms with Crippen LogP contribution in [-0.2, 0) is 0 Å². The number of ether oxygens (including phenoxy) is 4. The molecule has 3 heterocycles. The van der Waals surface area contributed by atoms with Crippen LogP contribution in [-0.4, -0.2) is 6.71 Å². The Kier molecular flexibility index (Phi) is 7.17. The Labute approximate surface area is 319 Å². The molecule has 7 heteroatoms. The van der Waals surface area contributed by atoms with Crippen molar-refractivity contribution >= 4 is 57.2 Å². The quantitative estimate of drug-likeness (QED) is 0.146. The van der Waals surface area contributed by atoms with Crippen LogP contribution in [0.2, 0.25) is 0 Å². The zero-order chi connectivity index (χ0) is 36.3. The molecule has 6 nitrogen and oxygen atoms in total. The molecule has 0 spiro atoms. The van der Waals surface area contributed by atoms with Gasteiger partial charge in [-0.25, -0.2) is 0 Å². The largest absolute Gasteiger partial charge is 0.458 e. The number of rotatable bonds is 8. The lowest BCUT2D eigenvalue weighted by Gasteiger charge is -2.46. The number of hydrogen-bond acceptors (Lipinski definition) is 6. The van der Waals surface area contributed by atoms with E-state index in [-0.39, 0.29) is 6.71 Å². The van der Waals surface area contributed by atoms with E-state index in [1.807, 2.05) is 115 Å². The second kappa shape index (κ2) is 12.6. The summed E-state index contributed by atoms with van der Waals surface area (Å²) in [6.45, 7) is -0.156. The number of para-hydroxylation sites is 5. The second-order valence-electron chi connectivity index (χ2n) is 13.7. The zero-order valence-electron chi connectivity index (χ0n) is 29.5. The van der Waals surface area contributed by atoms with E-state index in [1.165, 1.54) is 0 Å². The molecular weight excluding hydrogens is 679 g/mol. The zero-order valence-corrected chi connectivity index (χ0v) is 29.5. The van der Waals surface area contributed by atoms with Gasteiger partial charge in [0.1, 0.15) is 46.0 Å². The third-order valence-electron chi connectivity index (χ3n) is 10.3. The summed E-state index contributed by atoms with van der Waals surface area (Å²) < 4.78 is 26.9. The highest BCUT2D eigenvalue weighted by atomic mass is 16.5. The van der Waals surface area contributed by atoms with Crippen LogP contribution in [0.25, 0.3) is 0 Å². The lowest BCUT2D eigenvalue weighted by Crippen LogP contribution is -2.63. The standard InChI is InChI=1S/C48H31BN2O4/c1-6-16-32(17-7-1)50-40-26-37(52-34-20-10-3-11-21-34)27-41-46(40)49-47-42(50)28-38(53-35-22-12-4-13-23-35)30-44(47)55-45-31-39(54-36-24-14-5-15-25-36)29-43(48(45)49)51(41)33-18-8-2-9-19-33/h1-31H. The maximum Gasteiger partial charge on any atom is 0.261 e. The Bertz CT molecular complexity index is 2550. The predicted octanol–water partition coefficient (Wildman–Crippen LogP) is 11.3. The molecule has 0 aromatic heterocycles. The molecule has 3 aliphatic rings. The Hall–Kier alpha value is -7.38. The van der Waals surface area contributed by atoms with Gasteiger partial charge < -0.3 is 28.7 Å². The first kappa shape index (κ1) is 31.2. The molecule has 0 unspecified atom stereocenters. The molecule has 0 saturated heterocycles. The molecule has 0 radical (unpaired) electrons. The first-order valence-electron chi connectivity index (χ1n) is 18.4. The molecule has 3 aliphatic heterocycles. The summed E-state index contributed by atoms with van der Waals surface area (Å²) >= 11 is 0. The van der Waals surface area contributed by atoms with Crippen LogP contribution in [0.1, 0.15) is 0 Å². The van der Waals surface area contributed by atoms with E-state index in [0.717, 1.165) is 85.0 Å². The summed E-state index contributed by atoms with van der Waals surface area (Å²) in [6.07, 6.45) is 0. The van der Waals surface area contributed by atoms with Crippen LogP contribution in [0, 0.1) is 0 Å². The van der Waals surface area contributed by atoms with Gasteiger partial charge in [0.2, 0.25) is 0 Å². The van der Waals surface area contributed by atoms with Gasteiger partial charge in [0, 0.05) is 70.5 Å². The fourth-order valence-electron chi connectivity index (χ4n) is 8.13. The highest BCUT2D eigenvalue weighted by molar-refractivity contribution is 7.01. The van der Waals surface area contributed by atoms with Crippen LogP contribution in [0.15, 0.2) is 188 Å². The lowest BCUT2D eigenvalue weighted by molar-refractivity contribution is 0.454. The molecule has 0 saturated carbocycles. The van der Waals surface area contributed by atoms with E-state index in [4.69, 9.17) is 18.9 Å². The SMILES string of the molecule is c1ccc(Oc2cc3c4c(c2)N(c2ccccc2)c2cc(Oc5ccccc5)cc5c2B4c2c(cc(Oc4ccccc4)cc2N5c2ccccc2)O3)cc1. The maximum absolute atomic E-state index is 7.04. The highest BCUT2D eigenvalue weighted by Crippen LogP contribution is 2.51. The molecule has 8 aromatic rings. The first-order valence-corrected chi connectivity index (χ1v) is 18.4. The molecule has 260 valence electrons. The topological polar surface area (TPSA) is 43.4 Å². The molecule has 0 atom stereocenters. The van der Waals surface area contributed by atoms with E-state index in [9.17, 15) is 0 Å². The highest BCUT2D eigenvalue weighted by Gasteiger charge is 2.49. The molecular formula is C48H31BN2O4. The predicted molar refractivity (Wildman–Crippen MR) is 220 cm³/mol. The van der Waals surface area contributed by atoms with Crippen molar-refractivity contribution in [1.82, 2.24) is 0 Å². The van der Waals surface area contributed by atoms with Crippen molar-refractivity contribution in [2.24, 2.45) is 0 Å². The van der Waals surface area contributed by atoms with Gasteiger partial charge in [-0.2, -0.15) is 0 Å². The van der Waals surface area contributed by atoms with Gasteiger partial charge in [-0.1, -0.05) is 91.0 Å². The van der Waals surface area contributed by atoms with Crippen molar-refractivity contribution in [3.63, 3.8) is 0 Å². The van der Waals surface area contributed by atoms with Crippen LogP contribution in [0.5, 0.6) is 46.0 Å². The third kappa shape index (κ3) is 5.28. The van der Waals surface area contributed by atoms with E-state index in [0.29, 0.717) is 11.5 Å². The van der Waals surface area contributed by atoms with Crippen molar-refractivity contribution in [2.75, 3.05) is 9.80 Å². The summed E-state index contributed by atoms with van der Waals surface area (Å²) in [7, 11) is 0. The fraction of sp³-hybridized carbons (Fsp3) is 0. The van der Waals surface area contributed by atoms with E-state index in [1.54, 1.807) is 0 Å². The first-order chi connectivity index (χ1) is 27.2. The van der Waals surface area contributed by atoms with Crippen LogP contribution >= 0.6 is 0 Å². The molecule has 0 bridgehead atoms. The normalized spacial score (nSPS) is 12.8. The third-order valence-corrected chi connectivity index (χ3v) is 10.3. The maximum atomic E-state index is 7.04. The number of anilines is 6. The van der Waals surface area contributed by atoms with Gasteiger partial charge in [0.15, 0.2) is 0 Å². The van der Waals surface area contributed by atoms with Crippen molar-refractivity contribution in [3.8, 4) is 46.0 Å². The van der Waals surface area contributed by atoms with E-state index in [2.05, 4.69) is 82.6 Å². The summed E-state index contributed by atoms with van der Waals surface area (Å²) in [6, 6.07) is 63.3. The van der Waals surface area contributed by atoms with Gasteiger partial charge in [0.05, 0.1) is 0 Å². The molecule has 8 aromatic carbocycles. The van der Waals surface area contributed by atoms with Crippen LogP contribution < -0.4 is 45.1 Å². The Morgan fingerprint density at radius 3 is 1.00 bits per heavy atom. The minimum Gasteiger partial charge on any atom is -0.458 e. The summed E-state index contributed by atoms with van der Waals surface area (Å²) in [4.78, 5) is 4.64. The minimum absolute atomic E-state index is 0.156. The Morgan fingerprint density at radius 1 is 0.327 bits per heavy atom. The molecule has 55 heavy (non-hydrogen) atoms. The van der Waals surface area contributed by atoms with Gasteiger partial charge in [-0.3, -0.25) is 0 Å². The molecule has 0 N–H and O–H groups in total. The van der Waals surface area contributed by atoms with Crippen molar-refractivity contribution < 1.29 is 18.9 Å². The number of benzene rings is 8. The van der Waals surface area contributed by atoms with E-state index < -0.39 is 0 Å². The molecule has 11 rings (SSSR count). The number of nitrogens with zero attached hydrogens (tertiary/aromatic N) is 2. The fourth-order valence-corrected chi connectivity index (χ4v) is 8.13. The van der Waals surface area contributed by atoms with E-state index >= 15 is 0 Å². The van der Waals surface area contributed by atoms with Gasteiger partial charge in [0.25, 0.3) is 6.71 Å². The smallest absolute Gasteiger partial charge is 0.261 e. The molecule has 0 amide bonds. The summed E-state index contributed by atoms with van der Waals surface area (Å²) in [5, 5.41) is 0. The van der Waals surface area contributed by atoms with Crippen molar-refractivity contribution in [2.45, 2.75) is 0 Å².